The van der Waals surface area contributed by atoms with Gasteiger partial charge in [-0.05, 0) is 30.7 Å². The maximum atomic E-state index is 9.09. The molecule has 0 aliphatic rings. The molecule has 0 fully saturated rings. The monoisotopic (exact) mass is 224 g/mol. The van der Waals surface area contributed by atoms with E-state index in [9.17, 15) is 0 Å². The summed E-state index contributed by atoms with van der Waals surface area (Å²) in [6.45, 7) is 3.29. The smallest absolute Gasteiger partial charge is 0.0518 e. The number of hydrogen-bond acceptors (Lipinski definition) is 4. The van der Waals surface area contributed by atoms with Crippen molar-refractivity contribution in [2.75, 3.05) is 26.3 Å². The van der Waals surface area contributed by atoms with E-state index in [-0.39, 0.29) is 13.2 Å². The second-order valence-electron chi connectivity index (χ2n) is 4.41. The zero-order valence-corrected chi connectivity index (χ0v) is 9.69. The number of aliphatic hydroxyl groups excluding tert-OH is 2. The Kier molecular flexibility index (Phi) is 5.38. The van der Waals surface area contributed by atoms with Crippen LogP contribution in [0, 0.1) is 5.41 Å². The lowest BCUT2D eigenvalue weighted by molar-refractivity contribution is 0.0700. The number of aliphatic hydroxyl groups is 2. The second-order valence-corrected chi connectivity index (χ2v) is 4.41. The molecular weight excluding hydrogens is 204 g/mol. The molecule has 0 bridgehead atoms. The molecule has 0 unspecified atom stereocenters. The molecule has 0 saturated heterocycles. The van der Waals surface area contributed by atoms with E-state index >= 15 is 0 Å². The van der Waals surface area contributed by atoms with Crippen molar-refractivity contribution in [3.05, 3.63) is 30.1 Å². The summed E-state index contributed by atoms with van der Waals surface area (Å²) in [5.41, 5.74) is 0.801. The van der Waals surface area contributed by atoms with E-state index in [1.165, 1.54) is 5.56 Å². The van der Waals surface area contributed by atoms with Crippen LogP contribution in [0.5, 0.6) is 0 Å². The molecule has 0 amide bonds. The molecule has 0 aromatic carbocycles. The fraction of sp³-hybridized carbons (Fsp3) is 0.583. The van der Waals surface area contributed by atoms with Crippen LogP contribution in [0.3, 0.4) is 0 Å². The normalized spacial score (nSPS) is 11.7. The molecule has 4 heteroatoms. The maximum absolute atomic E-state index is 9.09. The lowest BCUT2D eigenvalue weighted by atomic mass is 9.93. The van der Waals surface area contributed by atoms with Crippen molar-refractivity contribution >= 4 is 0 Å². The van der Waals surface area contributed by atoms with Gasteiger partial charge >= 0.3 is 0 Å². The summed E-state index contributed by atoms with van der Waals surface area (Å²) in [4.78, 5) is 3.95. The second kappa shape index (κ2) is 6.58. The van der Waals surface area contributed by atoms with Gasteiger partial charge in [0.2, 0.25) is 0 Å². The number of aromatic nitrogens is 1. The van der Waals surface area contributed by atoms with Crippen LogP contribution in [0.25, 0.3) is 0 Å². The standard InChI is InChI=1S/C12H20N2O2/c1-12(9-15,10-16)8-14-7-4-11-2-5-13-6-3-11/h2-3,5-6,14-16H,4,7-10H2,1H3. The summed E-state index contributed by atoms with van der Waals surface area (Å²) in [5, 5.41) is 21.4. The highest BCUT2D eigenvalue weighted by Crippen LogP contribution is 2.11. The van der Waals surface area contributed by atoms with Gasteiger partial charge in [-0.1, -0.05) is 6.92 Å². The average molecular weight is 224 g/mol. The number of hydrogen-bond donors (Lipinski definition) is 3. The van der Waals surface area contributed by atoms with E-state index in [0.717, 1.165) is 13.0 Å². The molecule has 1 rings (SSSR count). The Morgan fingerprint density at radius 3 is 2.44 bits per heavy atom. The number of pyridine rings is 1. The van der Waals surface area contributed by atoms with Crippen LogP contribution < -0.4 is 5.32 Å². The molecule has 1 aromatic rings. The SMILES string of the molecule is CC(CO)(CO)CNCCc1ccncc1. The number of rotatable bonds is 7. The van der Waals surface area contributed by atoms with Crippen LogP contribution in [0.15, 0.2) is 24.5 Å². The molecule has 1 heterocycles. The molecule has 0 radical (unpaired) electrons. The molecule has 16 heavy (non-hydrogen) atoms. The van der Waals surface area contributed by atoms with Crippen molar-refractivity contribution < 1.29 is 10.2 Å². The van der Waals surface area contributed by atoms with Crippen molar-refractivity contribution in [2.24, 2.45) is 5.41 Å². The van der Waals surface area contributed by atoms with Crippen LogP contribution >= 0.6 is 0 Å². The van der Waals surface area contributed by atoms with Crippen LogP contribution in [-0.2, 0) is 6.42 Å². The van der Waals surface area contributed by atoms with Gasteiger partial charge in [-0.2, -0.15) is 0 Å². The molecule has 0 saturated carbocycles. The predicted molar refractivity (Wildman–Crippen MR) is 63.1 cm³/mol. The number of nitrogens with one attached hydrogen (secondary N) is 1. The highest BCUT2D eigenvalue weighted by molar-refractivity contribution is 5.09. The van der Waals surface area contributed by atoms with Crippen LogP contribution in [0.4, 0.5) is 0 Å². The molecule has 0 spiro atoms. The highest BCUT2D eigenvalue weighted by Gasteiger charge is 2.21. The Morgan fingerprint density at radius 1 is 1.25 bits per heavy atom. The van der Waals surface area contributed by atoms with Gasteiger partial charge in [0.15, 0.2) is 0 Å². The van der Waals surface area contributed by atoms with Gasteiger partial charge in [-0.15, -0.1) is 0 Å². The van der Waals surface area contributed by atoms with E-state index in [2.05, 4.69) is 10.3 Å². The average Bonchev–Trinajstić information content (AvgIpc) is 2.36. The zero-order chi connectivity index (χ0) is 11.9. The third-order valence-corrected chi connectivity index (χ3v) is 2.66. The Balaban J connectivity index is 2.22. The van der Waals surface area contributed by atoms with Gasteiger partial charge < -0.3 is 15.5 Å². The third-order valence-electron chi connectivity index (χ3n) is 2.66. The van der Waals surface area contributed by atoms with Crippen molar-refractivity contribution in [1.29, 1.82) is 0 Å². The fourth-order valence-electron chi connectivity index (χ4n) is 1.33. The first-order chi connectivity index (χ1) is 7.70. The van der Waals surface area contributed by atoms with Gasteiger partial charge in [0, 0.05) is 24.4 Å². The molecule has 90 valence electrons. The molecule has 0 aliphatic carbocycles. The van der Waals surface area contributed by atoms with Crippen molar-refractivity contribution in [3.63, 3.8) is 0 Å². The Bertz CT molecular complexity index is 286. The van der Waals surface area contributed by atoms with E-state index in [4.69, 9.17) is 10.2 Å². The van der Waals surface area contributed by atoms with Crippen molar-refractivity contribution in [3.8, 4) is 0 Å². The minimum Gasteiger partial charge on any atom is -0.396 e. The Labute approximate surface area is 96.3 Å². The molecule has 0 atom stereocenters. The predicted octanol–water partition coefficient (Wildman–Crippen LogP) is 0.205. The minimum absolute atomic E-state index is 0.00818. The van der Waals surface area contributed by atoms with E-state index in [1.807, 2.05) is 19.1 Å². The topological polar surface area (TPSA) is 65.4 Å². The summed E-state index contributed by atoms with van der Waals surface area (Å²) < 4.78 is 0. The largest absolute Gasteiger partial charge is 0.396 e. The Hall–Kier alpha value is -0.970. The first-order valence-corrected chi connectivity index (χ1v) is 5.51. The third kappa shape index (κ3) is 4.26. The van der Waals surface area contributed by atoms with Crippen LogP contribution in [0.1, 0.15) is 12.5 Å². The Morgan fingerprint density at radius 2 is 1.88 bits per heavy atom. The van der Waals surface area contributed by atoms with Gasteiger partial charge in [-0.3, -0.25) is 4.98 Å². The number of nitrogens with zero attached hydrogens (tertiary/aromatic N) is 1. The van der Waals surface area contributed by atoms with E-state index in [1.54, 1.807) is 12.4 Å². The van der Waals surface area contributed by atoms with Gasteiger partial charge in [0.25, 0.3) is 0 Å². The van der Waals surface area contributed by atoms with Gasteiger partial charge in [0.05, 0.1) is 13.2 Å². The van der Waals surface area contributed by atoms with Gasteiger partial charge in [0.1, 0.15) is 0 Å². The van der Waals surface area contributed by atoms with Crippen molar-refractivity contribution in [1.82, 2.24) is 10.3 Å². The molecule has 0 aliphatic heterocycles. The minimum atomic E-state index is -0.432. The first-order valence-electron chi connectivity index (χ1n) is 5.51. The molecule has 4 nitrogen and oxygen atoms in total. The quantitative estimate of drug-likeness (QED) is 0.579. The molecular formula is C12H20N2O2. The van der Waals surface area contributed by atoms with Gasteiger partial charge in [-0.25, -0.2) is 0 Å². The fourth-order valence-corrected chi connectivity index (χ4v) is 1.33. The summed E-state index contributed by atoms with van der Waals surface area (Å²) in [5.74, 6) is 0. The van der Waals surface area contributed by atoms with E-state index in [0.29, 0.717) is 6.54 Å². The summed E-state index contributed by atoms with van der Waals surface area (Å²) >= 11 is 0. The summed E-state index contributed by atoms with van der Waals surface area (Å²) in [6, 6.07) is 3.97. The summed E-state index contributed by atoms with van der Waals surface area (Å²) in [7, 11) is 0. The highest BCUT2D eigenvalue weighted by atomic mass is 16.3. The lowest BCUT2D eigenvalue weighted by Crippen LogP contribution is -2.38. The maximum Gasteiger partial charge on any atom is 0.0518 e. The molecule has 1 aromatic heterocycles. The van der Waals surface area contributed by atoms with Crippen LogP contribution in [0.2, 0.25) is 0 Å². The summed E-state index contributed by atoms with van der Waals surface area (Å²) in [6.07, 6.45) is 4.48. The zero-order valence-electron chi connectivity index (χ0n) is 9.69. The van der Waals surface area contributed by atoms with Crippen molar-refractivity contribution in [2.45, 2.75) is 13.3 Å². The lowest BCUT2D eigenvalue weighted by Gasteiger charge is -2.24. The molecule has 3 N–H and O–H groups in total. The first kappa shape index (κ1) is 13.1. The van der Waals surface area contributed by atoms with Crippen LogP contribution in [-0.4, -0.2) is 41.5 Å². The van der Waals surface area contributed by atoms with E-state index < -0.39 is 5.41 Å².